The van der Waals surface area contributed by atoms with Crippen molar-refractivity contribution < 1.29 is 19.4 Å². The maximum atomic E-state index is 12.3. The van der Waals surface area contributed by atoms with Gasteiger partial charge in [-0.2, -0.15) is 0 Å². The summed E-state index contributed by atoms with van der Waals surface area (Å²) < 4.78 is 5.43. The highest BCUT2D eigenvalue weighted by Crippen LogP contribution is 2.44. The molecule has 0 aliphatic heterocycles. The van der Waals surface area contributed by atoms with Gasteiger partial charge in [0.15, 0.2) is 0 Å². The molecule has 0 radical (unpaired) electrons. The Hall–Kier alpha value is -2.83. The Morgan fingerprint density at radius 2 is 1.69 bits per heavy atom. The second kappa shape index (κ2) is 8.27. The lowest BCUT2D eigenvalue weighted by atomic mass is 9.98. The highest BCUT2D eigenvalue weighted by molar-refractivity contribution is 7.10. The molecule has 2 N–H and O–H groups in total. The third kappa shape index (κ3) is 3.99. The molecule has 0 saturated heterocycles. The van der Waals surface area contributed by atoms with E-state index in [0.29, 0.717) is 9.90 Å². The van der Waals surface area contributed by atoms with Crippen LogP contribution in [0.1, 0.15) is 21.9 Å². The van der Waals surface area contributed by atoms with E-state index in [1.807, 2.05) is 36.4 Å². The number of thiophene rings is 1. The number of hydrogen-bond acceptors (Lipinski definition) is 4. The summed E-state index contributed by atoms with van der Waals surface area (Å²) in [5, 5.41) is 14.2. The fourth-order valence-corrected chi connectivity index (χ4v) is 4.80. The molecule has 0 unspecified atom stereocenters. The first kappa shape index (κ1) is 19.5. The fraction of sp³-hybridized carbons (Fsp3) is 0.182. The SMILES string of the molecule is O=C(N[C@H](Cc1sccc1Cl)C(=O)O)OCC1c2ccccc2-c2ccccc21. The predicted octanol–water partition coefficient (Wildman–Crippen LogP) is 4.94. The number of rotatable bonds is 6. The summed E-state index contributed by atoms with van der Waals surface area (Å²) in [5.74, 6) is -1.22. The van der Waals surface area contributed by atoms with Gasteiger partial charge in [-0.3, -0.25) is 0 Å². The average molecular weight is 428 g/mol. The second-order valence-electron chi connectivity index (χ2n) is 6.76. The summed E-state index contributed by atoms with van der Waals surface area (Å²) in [4.78, 5) is 24.6. The second-order valence-corrected chi connectivity index (χ2v) is 8.16. The van der Waals surface area contributed by atoms with Crippen LogP contribution in [0.5, 0.6) is 0 Å². The summed E-state index contributed by atoms with van der Waals surface area (Å²) in [6.07, 6.45) is -0.650. The summed E-state index contributed by atoms with van der Waals surface area (Å²) in [6.45, 7) is 0.131. The Morgan fingerprint density at radius 1 is 1.07 bits per heavy atom. The van der Waals surface area contributed by atoms with E-state index in [4.69, 9.17) is 16.3 Å². The van der Waals surface area contributed by atoms with Gasteiger partial charge in [0.25, 0.3) is 0 Å². The molecule has 148 valence electrons. The van der Waals surface area contributed by atoms with E-state index in [-0.39, 0.29) is 18.9 Å². The van der Waals surface area contributed by atoms with Crippen molar-refractivity contribution in [3.05, 3.63) is 81.0 Å². The number of carbonyl (C=O) groups excluding carboxylic acids is 1. The molecule has 7 heteroatoms. The maximum Gasteiger partial charge on any atom is 0.407 e. The van der Waals surface area contributed by atoms with Gasteiger partial charge in [-0.25, -0.2) is 9.59 Å². The van der Waals surface area contributed by atoms with Crippen LogP contribution in [-0.2, 0) is 16.0 Å². The quantitative estimate of drug-likeness (QED) is 0.584. The number of nitrogens with one attached hydrogen (secondary N) is 1. The molecule has 2 aromatic carbocycles. The van der Waals surface area contributed by atoms with Gasteiger partial charge in [-0.05, 0) is 33.7 Å². The van der Waals surface area contributed by atoms with E-state index in [9.17, 15) is 14.7 Å². The number of carboxylic acids is 1. The van der Waals surface area contributed by atoms with Gasteiger partial charge in [0, 0.05) is 17.2 Å². The minimum absolute atomic E-state index is 0.0804. The molecule has 0 spiro atoms. The molecule has 4 rings (SSSR count). The topological polar surface area (TPSA) is 75.6 Å². The van der Waals surface area contributed by atoms with Crippen molar-refractivity contribution in [1.82, 2.24) is 5.32 Å². The molecule has 29 heavy (non-hydrogen) atoms. The van der Waals surface area contributed by atoms with Crippen molar-refractivity contribution in [2.75, 3.05) is 6.61 Å². The van der Waals surface area contributed by atoms with Crippen molar-refractivity contribution in [3.8, 4) is 11.1 Å². The zero-order valence-corrected chi connectivity index (χ0v) is 16.9. The van der Waals surface area contributed by atoms with Crippen LogP contribution in [0, 0.1) is 0 Å². The smallest absolute Gasteiger partial charge is 0.407 e. The third-order valence-electron chi connectivity index (χ3n) is 5.01. The van der Waals surface area contributed by atoms with Crippen molar-refractivity contribution >= 4 is 35.0 Å². The molecule has 1 aliphatic rings. The van der Waals surface area contributed by atoms with Crippen LogP contribution in [0.2, 0.25) is 5.02 Å². The lowest BCUT2D eigenvalue weighted by Crippen LogP contribution is -2.42. The van der Waals surface area contributed by atoms with Gasteiger partial charge in [0.1, 0.15) is 12.6 Å². The van der Waals surface area contributed by atoms with Crippen molar-refractivity contribution in [3.63, 3.8) is 0 Å². The summed E-state index contributed by atoms with van der Waals surface area (Å²) in [5.41, 5.74) is 4.46. The molecule has 0 fully saturated rings. The molecule has 1 amide bonds. The number of halogens is 1. The molecular formula is C22H18ClNO4S. The van der Waals surface area contributed by atoms with E-state index >= 15 is 0 Å². The fourth-order valence-electron chi connectivity index (χ4n) is 3.64. The highest BCUT2D eigenvalue weighted by atomic mass is 35.5. The third-order valence-corrected chi connectivity index (χ3v) is 6.42. The first-order valence-electron chi connectivity index (χ1n) is 9.10. The predicted molar refractivity (Wildman–Crippen MR) is 113 cm³/mol. The number of alkyl carbamates (subject to hydrolysis) is 1. The van der Waals surface area contributed by atoms with Gasteiger partial charge < -0.3 is 15.2 Å². The van der Waals surface area contributed by atoms with E-state index in [1.165, 1.54) is 11.3 Å². The Balaban J connectivity index is 1.44. The molecule has 0 saturated carbocycles. The van der Waals surface area contributed by atoms with E-state index in [0.717, 1.165) is 22.3 Å². The van der Waals surface area contributed by atoms with Crippen LogP contribution < -0.4 is 5.32 Å². The van der Waals surface area contributed by atoms with Gasteiger partial charge in [-0.1, -0.05) is 60.1 Å². The van der Waals surface area contributed by atoms with Crippen LogP contribution in [0.4, 0.5) is 4.79 Å². The largest absolute Gasteiger partial charge is 0.480 e. The highest BCUT2D eigenvalue weighted by Gasteiger charge is 2.30. The number of ether oxygens (including phenoxy) is 1. The lowest BCUT2D eigenvalue weighted by molar-refractivity contribution is -0.139. The molecule has 1 aliphatic carbocycles. The maximum absolute atomic E-state index is 12.3. The van der Waals surface area contributed by atoms with E-state index in [2.05, 4.69) is 17.4 Å². The van der Waals surface area contributed by atoms with Crippen LogP contribution in [0.3, 0.4) is 0 Å². The zero-order valence-electron chi connectivity index (χ0n) is 15.3. The van der Waals surface area contributed by atoms with Crippen molar-refractivity contribution in [2.24, 2.45) is 0 Å². The van der Waals surface area contributed by atoms with Gasteiger partial charge in [0.2, 0.25) is 0 Å². The van der Waals surface area contributed by atoms with Gasteiger partial charge in [-0.15, -0.1) is 11.3 Å². The standard InChI is InChI=1S/C22H18ClNO4S/c23-18-9-10-29-20(18)11-19(21(25)26)24-22(27)28-12-17-15-7-3-1-5-13(15)14-6-2-4-8-16(14)17/h1-10,17,19H,11-12H2,(H,24,27)(H,25,26)/t19-/m1/s1. The minimum Gasteiger partial charge on any atom is -0.480 e. The molecule has 5 nitrogen and oxygen atoms in total. The zero-order chi connectivity index (χ0) is 20.4. The number of aliphatic carboxylic acids is 1. The van der Waals surface area contributed by atoms with Gasteiger partial charge in [0.05, 0.1) is 5.02 Å². The number of carbonyl (C=O) groups is 2. The first-order valence-corrected chi connectivity index (χ1v) is 10.4. The summed E-state index contributed by atoms with van der Waals surface area (Å²) in [7, 11) is 0. The molecule has 3 aromatic rings. The van der Waals surface area contributed by atoms with Crippen molar-refractivity contribution in [1.29, 1.82) is 0 Å². The number of hydrogen-bond donors (Lipinski definition) is 2. The van der Waals surface area contributed by atoms with Crippen LogP contribution in [0.15, 0.2) is 60.0 Å². The number of amides is 1. The number of fused-ring (bicyclic) bond motifs is 3. The van der Waals surface area contributed by atoms with E-state index in [1.54, 1.807) is 11.4 Å². The summed E-state index contributed by atoms with van der Waals surface area (Å²) >= 11 is 7.39. The summed E-state index contributed by atoms with van der Waals surface area (Å²) in [6, 6.07) is 16.7. The molecular weight excluding hydrogens is 410 g/mol. The molecule has 1 atom stereocenters. The van der Waals surface area contributed by atoms with Crippen LogP contribution >= 0.6 is 22.9 Å². The van der Waals surface area contributed by atoms with E-state index < -0.39 is 18.1 Å². The van der Waals surface area contributed by atoms with Gasteiger partial charge >= 0.3 is 12.1 Å². The normalized spacial score (nSPS) is 13.4. The molecule has 1 heterocycles. The monoisotopic (exact) mass is 427 g/mol. The first-order chi connectivity index (χ1) is 14.0. The minimum atomic E-state index is -1.14. The number of benzene rings is 2. The Kier molecular flexibility index (Phi) is 5.56. The lowest BCUT2D eigenvalue weighted by Gasteiger charge is -2.17. The van der Waals surface area contributed by atoms with Crippen molar-refractivity contribution in [2.45, 2.75) is 18.4 Å². The molecule has 0 bridgehead atoms. The number of carboxylic acid groups (broad SMARTS) is 1. The van der Waals surface area contributed by atoms with Crippen LogP contribution in [0.25, 0.3) is 11.1 Å². The average Bonchev–Trinajstić information content (AvgIpc) is 3.27. The van der Waals surface area contributed by atoms with Crippen LogP contribution in [-0.4, -0.2) is 29.8 Å². The Morgan fingerprint density at radius 3 is 2.24 bits per heavy atom. The molecule has 1 aromatic heterocycles. The Bertz CT molecular complexity index is 1020. The Labute approximate surface area is 176 Å².